The van der Waals surface area contributed by atoms with Gasteiger partial charge in [-0.2, -0.15) is 0 Å². The largest absolute Gasteiger partial charge is 0.496 e. The summed E-state index contributed by atoms with van der Waals surface area (Å²) in [5.41, 5.74) is 8.15. The van der Waals surface area contributed by atoms with Gasteiger partial charge in [-0.1, -0.05) is 43.5 Å². The Morgan fingerprint density at radius 1 is 1.13 bits per heavy atom. The van der Waals surface area contributed by atoms with Gasteiger partial charge in [-0.3, -0.25) is 4.79 Å². The Bertz CT molecular complexity index is 1120. The molecule has 1 aromatic heterocycles. The number of nitrogens with one attached hydrogen (secondary N) is 1. The molecule has 0 atom stereocenters. The number of carbonyl (C=O) groups is 1. The zero-order chi connectivity index (χ0) is 22.5. The molecule has 0 saturated heterocycles. The fraction of sp³-hybridized carbons (Fsp3) is 0.370. The Labute approximate surface area is 185 Å². The summed E-state index contributed by atoms with van der Waals surface area (Å²) in [6, 6.07) is 8.52. The topological polar surface area (TPSA) is 51.5 Å². The summed E-state index contributed by atoms with van der Waals surface area (Å²) in [5.74, 6) is 0.664. The highest BCUT2D eigenvalue weighted by Crippen LogP contribution is 2.41. The number of fused-ring (bicyclic) bond motifs is 1. The number of allylic oxidation sites excluding steroid dienone is 1. The van der Waals surface area contributed by atoms with E-state index in [1.807, 2.05) is 20.1 Å². The summed E-state index contributed by atoms with van der Waals surface area (Å²) in [6.45, 7) is 11.0. The van der Waals surface area contributed by atoms with Crippen molar-refractivity contribution in [2.45, 2.75) is 53.9 Å². The van der Waals surface area contributed by atoms with E-state index in [4.69, 9.17) is 9.15 Å². The third kappa shape index (κ3) is 4.84. The molecular formula is C27H33NO3. The number of benzene rings is 2. The molecule has 0 spiro atoms. The standard InChI is InChI=1S/C27H33NO3/c1-7-8-9-12-28-25(29)14-19(4)22-15-23-24(21-11-10-17(2)13-18(21)3)16-31-27(23)20(5)26(22)30-6/h10-11,13-16H,7-9,12H2,1-6H3,(H,28,29)/b19-14+. The number of amides is 1. The number of hydrogen-bond acceptors (Lipinski definition) is 3. The maximum atomic E-state index is 12.4. The van der Waals surface area contributed by atoms with E-state index in [9.17, 15) is 4.79 Å². The second-order valence-corrected chi connectivity index (χ2v) is 8.25. The molecule has 1 amide bonds. The van der Waals surface area contributed by atoms with Gasteiger partial charge in [0.1, 0.15) is 11.3 Å². The fourth-order valence-corrected chi connectivity index (χ4v) is 4.11. The molecule has 4 nitrogen and oxygen atoms in total. The van der Waals surface area contributed by atoms with Crippen LogP contribution in [0.4, 0.5) is 0 Å². The molecule has 0 saturated carbocycles. The molecule has 3 rings (SSSR count). The van der Waals surface area contributed by atoms with Crippen LogP contribution < -0.4 is 10.1 Å². The third-order valence-electron chi connectivity index (χ3n) is 5.77. The number of ether oxygens (including phenoxy) is 1. The fourth-order valence-electron chi connectivity index (χ4n) is 4.11. The summed E-state index contributed by atoms with van der Waals surface area (Å²) in [6.07, 6.45) is 6.73. The first-order valence-corrected chi connectivity index (χ1v) is 11.0. The molecular weight excluding hydrogens is 386 g/mol. The molecule has 0 aliphatic carbocycles. The van der Waals surface area contributed by atoms with Gasteiger partial charge in [0.25, 0.3) is 0 Å². The zero-order valence-corrected chi connectivity index (χ0v) is 19.5. The highest BCUT2D eigenvalue weighted by molar-refractivity contribution is 6.02. The van der Waals surface area contributed by atoms with Crippen LogP contribution in [0, 0.1) is 20.8 Å². The van der Waals surface area contributed by atoms with Gasteiger partial charge in [0.2, 0.25) is 5.91 Å². The molecule has 31 heavy (non-hydrogen) atoms. The lowest BCUT2D eigenvalue weighted by Gasteiger charge is -2.14. The highest BCUT2D eigenvalue weighted by Gasteiger charge is 2.19. The van der Waals surface area contributed by atoms with Crippen LogP contribution in [0.15, 0.2) is 41.0 Å². The van der Waals surface area contributed by atoms with Crippen LogP contribution in [0.5, 0.6) is 5.75 Å². The third-order valence-corrected chi connectivity index (χ3v) is 5.77. The summed E-state index contributed by atoms with van der Waals surface area (Å²) in [7, 11) is 1.66. The summed E-state index contributed by atoms with van der Waals surface area (Å²) >= 11 is 0. The van der Waals surface area contributed by atoms with Crippen molar-refractivity contribution in [3.8, 4) is 16.9 Å². The van der Waals surface area contributed by atoms with E-state index in [0.29, 0.717) is 6.54 Å². The Kier molecular flexibility index (Phi) is 7.21. The van der Waals surface area contributed by atoms with Gasteiger partial charge in [0, 0.05) is 34.7 Å². The molecule has 0 fully saturated rings. The smallest absolute Gasteiger partial charge is 0.244 e. The molecule has 3 aromatic rings. The second kappa shape index (κ2) is 9.86. The van der Waals surface area contributed by atoms with Crippen molar-refractivity contribution in [1.29, 1.82) is 0 Å². The molecule has 164 valence electrons. The molecule has 0 aliphatic heterocycles. The maximum Gasteiger partial charge on any atom is 0.244 e. The van der Waals surface area contributed by atoms with E-state index < -0.39 is 0 Å². The average molecular weight is 420 g/mol. The number of furan rings is 1. The van der Waals surface area contributed by atoms with Gasteiger partial charge in [-0.25, -0.2) is 0 Å². The van der Waals surface area contributed by atoms with E-state index in [0.717, 1.165) is 63.8 Å². The minimum Gasteiger partial charge on any atom is -0.496 e. The van der Waals surface area contributed by atoms with Crippen molar-refractivity contribution in [3.63, 3.8) is 0 Å². The number of methoxy groups -OCH3 is 1. The first kappa shape index (κ1) is 22.7. The van der Waals surface area contributed by atoms with Crippen LogP contribution >= 0.6 is 0 Å². The van der Waals surface area contributed by atoms with Crippen LogP contribution in [0.2, 0.25) is 0 Å². The molecule has 0 unspecified atom stereocenters. The number of hydrogen-bond donors (Lipinski definition) is 1. The number of rotatable bonds is 8. The number of carbonyl (C=O) groups excluding carboxylic acids is 1. The summed E-state index contributed by atoms with van der Waals surface area (Å²) in [5, 5.41) is 4.00. The minimum absolute atomic E-state index is 0.0739. The Balaban J connectivity index is 2.05. The first-order valence-electron chi connectivity index (χ1n) is 11.0. The predicted octanol–water partition coefficient (Wildman–Crippen LogP) is 6.74. The van der Waals surface area contributed by atoms with Crippen LogP contribution in [-0.2, 0) is 4.79 Å². The van der Waals surface area contributed by atoms with Gasteiger partial charge >= 0.3 is 0 Å². The monoisotopic (exact) mass is 419 g/mol. The summed E-state index contributed by atoms with van der Waals surface area (Å²) in [4.78, 5) is 12.4. The van der Waals surface area contributed by atoms with E-state index in [-0.39, 0.29) is 5.91 Å². The molecule has 1 N–H and O–H groups in total. The van der Waals surface area contributed by atoms with Gasteiger partial charge in [-0.05, 0) is 56.9 Å². The quantitative estimate of drug-likeness (QED) is 0.325. The van der Waals surface area contributed by atoms with Crippen molar-refractivity contribution in [3.05, 3.63) is 58.9 Å². The van der Waals surface area contributed by atoms with Crippen molar-refractivity contribution in [1.82, 2.24) is 5.32 Å². The van der Waals surface area contributed by atoms with E-state index >= 15 is 0 Å². The SMILES string of the molecule is CCCCCNC(=O)/C=C(\C)c1cc2c(-c3ccc(C)cc3C)coc2c(C)c1OC. The molecule has 0 aliphatic rings. The highest BCUT2D eigenvalue weighted by atomic mass is 16.5. The Morgan fingerprint density at radius 2 is 1.90 bits per heavy atom. The van der Waals surface area contributed by atoms with Crippen LogP contribution in [-0.4, -0.2) is 19.6 Å². The van der Waals surface area contributed by atoms with Gasteiger partial charge < -0.3 is 14.5 Å². The van der Waals surface area contributed by atoms with Crippen LogP contribution in [0.1, 0.15) is 55.4 Å². The lowest BCUT2D eigenvalue weighted by molar-refractivity contribution is -0.116. The number of unbranched alkanes of at least 4 members (excludes halogenated alkanes) is 2. The molecule has 0 bridgehead atoms. The van der Waals surface area contributed by atoms with E-state index in [1.54, 1.807) is 13.2 Å². The van der Waals surface area contributed by atoms with Gasteiger partial charge in [0.15, 0.2) is 0 Å². The van der Waals surface area contributed by atoms with Crippen molar-refractivity contribution >= 4 is 22.4 Å². The first-order chi connectivity index (χ1) is 14.9. The molecule has 0 radical (unpaired) electrons. The van der Waals surface area contributed by atoms with Crippen molar-refractivity contribution < 1.29 is 13.9 Å². The second-order valence-electron chi connectivity index (χ2n) is 8.25. The van der Waals surface area contributed by atoms with E-state index in [1.165, 1.54) is 11.1 Å². The normalized spacial score (nSPS) is 11.7. The Morgan fingerprint density at radius 3 is 2.58 bits per heavy atom. The summed E-state index contributed by atoms with van der Waals surface area (Å²) < 4.78 is 11.7. The number of aryl methyl sites for hydroxylation is 3. The molecule has 4 heteroatoms. The average Bonchev–Trinajstić information content (AvgIpc) is 3.15. The molecule has 1 heterocycles. The lowest BCUT2D eigenvalue weighted by atomic mass is 9.94. The van der Waals surface area contributed by atoms with Crippen molar-refractivity contribution in [2.75, 3.05) is 13.7 Å². The van der Waals surface area contributed by atoms with Crippen LogP contribution in [0.25, 0.3) is 27.7 Å². The predicted molar refractivity (Wildman–Crippen MR) is 129 cm³/mol. The lowest BCUT2D eigenvalue weighted by Crippen LogP contribution is -2.22. The van der Waals surface area contributed by atoms with Gasteiger partial charge in [0.05, 0.1) is 13.4 Å². The van der Waals surface area contributed by atoms with E-state index in [2.05, 4.69) is 50.4 Å². The van der Waals surface area contributed by atoms with Crippen LogP contribution in [0.3, 0.4) is 0 Å². The zero-order valence-electron chi connectivity index (χ0n) is 19.5. The minimum atomic E-state index is -0.0739. The molecule has 2 aromatic carbocycles. The Hall–Kier alpha value is -3.01. The van der Waals surface area contributed by atoms with Crippen molar-refractivity contribution in [2.24, 2.45) is 0 Å². The maximum absolute atomic E-state index is 12.4. The van der Waals surface area contributed by atoms with Gasteiger partial charge in [-0.15, -0.1) is 0 Å².